The van der Waals surface area contributed by atoms with Crippen molar-refractivity contribution in [2.24, 2.45) is 0 Å². The highest BCUT2D eigenvalue weighted by Crippen LogP contribution is 2.30. The van der Waals surface area contributed by atoms with Crippen LogP contribution in [0, 0.1) is 0 Å². The van der Waals surface area contributed by atoms with E-state index in [2.05, 4.69) is 31.3 Å². The zero-order valence-electron chi connectivity index (χ0n) is 55.3. The molecule has 2 rings (SSSR count). The zero-order chi connectivity index (χ0) is 62.3. The van der Waals surface area contributed by atoms with Crippen LogP contribution in [-0.4, -0.2) is 140 Å². The molecule has 0 aromatic carbocycles. The summed E-state index contributed by atoms with van der Waals surface area (Å²) in [6, 6.07) is -0.929. The number of carbonyl (C=O) groups excluding carboxylic acids is 1. The average Bonchev–Trinajstić information content (AvgIpc) is 2.54. The molecule has 0 aliphatic carbocycles. The highest BCUT2D eigenvalue weighted by Gasteiger charge is 2.51. The lowest BCUT2D eigenvalue weighted by molar-refractivity contribution is -0.359. The molecule has 9 N–H and O–H groups in total. The van der Waals surface area contributed by atoms with Crippen LogP contribution >= 0.6 is 0 Å². The van der Waals surface area contributed by atoms with Crippen molar-refractivity contribution in [1.29, 1.82) is 0 Å². The van der Waals surface area contributed by atoms with E-state index in [1.54, 1.807) is 6.08 Å². The molecule has 0 aromatic heterocycles. The Morgan fingerprint density at radius 3 is 1.14 bits per heavy atom. The minimum atomic E-state index is -1.79. The number of hydrogen-bond donors (Lipinski definition) is 9. The number of carbonyl (C=O) groups is 1. The molecule has 2 aliphatic heterocycles. The number of aliphatic hydroxyl groups is 8. The second-order valence-corrected chi connectivity index (χ2v) is 26.1. The molecule has 2 heterocycles. The Hall–Kier alpha value is -1.53. The van der Waals surface area contributed by atoms with E-state index in [0.717, 1.165) is 32.1 Å². The van der Waals surface area contributed by atoms with Gasteiger partial charge in [-0.05, 0) is 32.1 Å². The smallest absolute Gasteiger partial charge is 0.220 e. The fourth-order valence-electron chi connectivity index (χ4n) is 12.3. The molecule has 12 unspecified atom stereocenters. The number of unbranched alkanes of at least 4 members (excludes halogenated alkanes) is 46. The van der Waals surface area contributed by atoms with Crippen molar-refractivity contribution >= 4 is 5.91 Å². The molecule has 14 nitrogen and oxygen atoms in total. The molecule has 86 heavy (non-hydrogen) atoms. The van der Waals surface area contributed by atoms with Crippen molar-refractivity contribution in [3.8, 4) is 0 Å². The molecule has 0 bridgehead atoms. The molecule has 0 radical (unpaired) electrons. The van der Waals surface area contributed by atoms with E-state index >= 15 is 0 Å². The van der Waals surface area contributed by atoms with E-state index in [-0.39, 0.29) is 18.9 Å². The van der Waals surface area contributed by atoms with Gasteiger partial charge >= 0.3 is 0 Å². The SMILES string of the molecule is CCCCCCCCCCCCCCCCCCCCCCCCC/C=C/CC/C=C/C(O)C(COC1OC(CO)C(OC2OC(CO)C(O)C(O)C2O)C(O)C1O)NC(=O)CCCCCCCCCCCCCCCCCCCCCCCCC. The molecule has 1 amide bonds. The number of allylic oxidation sites excluding steroid dienone is 3. The first-order valence-electron chi connectivity index (χ1n) is 36.6. The number of amides is 1. The summed E-state index contributed by atoms with van der Waals surface area (Å²) < 4.78 is 22.9. The van der Waals surface area contributed by atoms with Crippen molar-refractivity contribution in [1.82, 2.24) is 5.32 Å². The lowest BCUT2D eigenvalue weighted by atomic mass is 9.97. The van der Waals surface area contributed by atoms with Crippen LogP contribution in [0.1, 0.15) is 335 Å². The van der Waals surface area contributed by atoms with Gasteiger partial charge < -0.3 is 65.1 Å². The summed E-state index contributed by atoms with van der Waals surface area (Å²) in [5.41, 5.74) is 0. The van der Waals surface area contributed by atoms with Gasteiger partial charge in [0.05, 0.1) is 32.0 Å². The molecule has 14 heteroatoms. The number of aliphatic hydroxyl groups excluding tert-OH is 8. The van der Waals surface area contributed by atoms with Gasteiger partial charge in [-0.1, -0.05) is 321 Å². The average molecular weight is 1220 g/mol. The summed E-state index contributed by atoms with van der Waals surface area (Å²) in [4.78, 5) is 13.3. The Labute approximate surface area is 526 Å². The first-order chi connectivity index (χ1) is 42.1. The maximum atomic E-state index is 13.3. The molecular weight excluding hydrogens is 1090 g/mol. The standard InChI is InChI=1S/C72H137NO13/c1-3-5-7-9-11-13-15-17-19-21-23-25-27-28-29-30-31-32-34-35-37-39-41-43-45-47-49-51-53-55-61(76)60(59-83-71-69(82)67(80)70(63(58-75)85-71)86-72-68(81)66(79)65(78)62(57-74)84-72)73-64(77)56-54-52-50-48-46-44-42-40-38-36-33-26-24-22-20-18-16-14-12-10-8-6-4-2/h45,47,53,55,60-63,65-72,74-76,78-82H,3-44,46,48-52,54,56-59H2,1-2H3,(H,73,77)/b47-45+,55-53+. The minimum absolute atomic E-state index is 0.241. The number of rotatable bonds is 61. The van der Waals surface area contributed by atoms with Crippen LogP contribution in [0.5, 0.6) is 0 Å². The number of nitrogens with one attached hydrogen (secondary N) is 1. The molecule has 2 saturated heterocycles. The topological polar surface area (TPSA) is 228 Å². The zero-order valence-corrected chi connectivity index (χ0v) is 55.3. The summed E-state index contributed by atoms with van der Waals surface area (Å²) in [6.07, 6.45) is 55.3. The lowest BCUT2D eigenvalue weighted by Gasteiger charge is -2.46. The molecule has 2 aliphatic rings. The second-order valence-electron chi connectivity index (χ2n) is 26.1. The van der Waals surface area contributed by atoms with Crippen molar-refractivity contribution < 1.29 is 64.6 Å². The van der Waals surface area contributed by atoms with Crippen molar-refractivity contribution in [2.75, 3.05) is 19.8 Å². The van der Waals surface area contributed by atoms with Crippen LogP contribution in [0.3, 0.4) is 0 Å². The lowest BCUT2D eigenvalue weighted by Crippen LogP contribution is -2.65. The molecule has 0 aromatic rings. The van der Waals surface area contributed by atoms with Crippen LogP contribution in [0.2, 0.25) is 0 Å². The maximum absolute atomic E-state index is 13.3. The molecule has 0 saturated carbocycles. The summed E-state index contributed by atoms with van der Waals surface area (Å²) >= 11 is 0. The summed E-state index contributed by atoms with van der Waals surface area (Å²) in [5.74, 6) is -0.241. The van der Waals surface area contributed by atoms with Gasteiger partial charge in [-0.2, -0.15) is 0 Å². The number of ether oxygens (including phenoxy) is 4. The van der Waals surface area contributed by atoms with Crippen LogP contribution < -0.4 is 5.32 Å². The minimum Gasteiger partial charge on any atom is -0.394 e. The predicted octanol–water partition coefficient (Wildman–Crippen LogP) is 15.1. The Bertz CT molecular complexity index is 1540. The molecule has 2 fully saturated rings. The first-order valence-corrected chi connectivity index (χ1v) is 36.6. The van der Waals surface area contributed by atoms with Crippen molar-refractivity contribution in [2.45, 2.75) is 408 Å². The normalized spacial score (nSPS) is 23.5. The fraction of sp³-hybridized carbons (Fsp3) is 0.931. The third kappa shape index (κ3) is 41.1. The van der Waals surface area contributed by atoms with E-state index in [1.165, 1.54) is 270 Å². The summed E-state index contributed by atoms with van der Waals surface area (Å²) in [5, 5.41) is 87.5. The van der Waals surface area contributed by atoms with E-state index in [9.17, 15) is 45.6 Å². The van der Waals surface area contributed by atoms with E-state index < -0.39 is 86.8 Å². The largest absolute Gasteiger partial charge is 0.394 e. The quantitative estimate of drug-likeness (QED) is 0.0204. The molecular formula is C72H137NO13. The number of hydrogen-bond acceptors (Lipinski definition) is 13. The van der Waals surface area contributed by atoms with Crippen LogP contribution in [0.25, 0.3) is 0 Å². The Morgan fingerprint density at radius 1 is 0.407 bits per heavy atom. The van der Waals surface area contributed by atoms with Gasteiger partial charge in [0.25, 0.3) is 0 Å². The fourth-order valence-corrected chi connectivity index (χ4v) is 12.3. The van der Waals surface area contributed by atoms with Gasteiger partial charge in [0, 0.05) is 6.42 Å². The van der Waals surface area contributed by atoms with Gasteiger partial charge in [-0.25, -0.2) is 0 Å². The predicted molar refractivity (Wildman–Crippen MR) is 351 cm³/mol. The summed E-state index contributed by atoms with van der Waals surface area (Å²) in [7, 11) is 0. The van der Waals surface area contributed by atoms with Crippen LogP contribution in [-0.2, 0) is 23.7 Å². The Balaban J connectivity index is 1.68. The highest BCUT2D eigenvalue weighted by molar-refractivity contribution is 5.76. The Kier molecular flexibility index (Phi) is 53.7. The third-order valence-electron chi connectivity index (χ3n) is 18.1. The highest BCUT2D eigenvalue weighted by atomic mass is 16.7. The van der Waals surface area contributed by atoms with Gasteiger partial charge in [0.15, 0.2) is 12.6 Å². The third-order valence-corrected chi connectivity index (χ3v) is 18.1. The molecule has 508 valence electrons. The molecule has 12 atom stereocenters. The van der Waals surface area contributed by atoms with Crippen molar-refractivity contribution in [3.63, 3.8) is 0 Å². The monoisotopic (exact) mass is 1220 g/mol. The van der Waals surface area contributed by atoms with E-state index in [4.69, 9.17) is 18.9 Å². The van der Waals surface area contributed by atoms with E-state index in [0.29, 0.717) is 12.8 Å². The van der Waals surface area contributed by atoms with Crippen molar-refractivity contribution in [3.05, 3.63) is 24.3 Å². The van der Waals surface area contributed by atoms with Gasteiger partial charge in [-0.3, -0.25) is 4.79 Å². The van der Waals surface area contributed by atoms with E-state index in [1.807, 2.05) is 6.08 Å². The van der Waals surface area contributed by atoms with Gasteiger partial charge in [0.1, 0.15) is 48.8 Å². The van der Waals surface area contributed by atoms with Gasteiger partial charge in [0.2, 0.25) is 5.91 Å². The van der Waals surface area contributed by atoms with Crippen LogP contribution in [0.4, 0.5) is 0 Å². The van der Waals surface area contributed by atoms with Gasteiger partial charge in [-0.15, -0.1) is 0 Å². The summed E-state index contributed by atoms with van der Waals surface area (Å²) in [6.45, 7) is 2.84. The molecule has 0 spiro atoms. The first kappa shape index (κ1) is 80.6. The second kappa shape index (κ2) is 57.4. The van der Waals surface area contributed by atoms with Crippen LogP contribution in [0.15, 0.2) is 24.3 Å². The Morgan fingerprint density at radius 2 is 0.744 bits per heavy atom. The maximum Gasteiger partial charge on any atom is 0.220 e.